The van der Waals surface area contributed by atoms with Crippen molar-refractivity contribution >= 4 is 16.6 Å². The highest BCUT2D eigenvalue weighted by molar-refractivity contribution is 5.83. The predicted octanol–water partition coefficient (Wildman–Crippen LogP) is 2.29. The van der Waals surface area contributed by atoms with E-state index in [9.17, 15) is 0 Å². The van der Waals surface area contributed by atoms with Crippen LogP contribution in [0.15, 0.2) is 24.3 Å². The number of benzene rings is 1. The van der Waals surface area contributed by atoms with Gasteiger partial charge in [-0.2, -0.15) is 0 Å². The maximum absolute atomic E-state index is 5.68. The molecule has 2 rings (SSSR count). The summed E-state index contributed by atoms with van der Waals surface area (Å²) in [6.07, 6.45) is 0. The van der Waals surface area contributed by atoms with E-state index in [2.05, 4.69) is 11.1 Å². The summed E-state index contributed by atoms with van der Waals surface area (Å²) in [6, 6.07) is 7.94. The lowest BCUT2D eigenvalue weighted by molar-refractivity contribution is 0.132. The molecule has 3 heteroatoms. The third-order valence-electron chi connectivity index (χ3n) is 2.16. The Morgan fingerprint density at radius 1 is 1.36 bits per heavy atom. The van der Waals surface area contributed by atoms with Crippen molar-refractivity contribution in [2.45, 2.75) is 13.5 Å². The number of aromatic amines is 1. The van der Waals surface area contributed by atoms with Gasteiger partial charge in [0.1, 0.15) is 0 Å². The van der Waals surface area contributed by atoms with Gasteiger partial charge in [-0.3, -0.25) is 0 Å². The van der Waals surface area contributed by atoms with Crippen LogP contribution in [0, 0.1) is 0 Å². The van der Waals surface area contributed by atoms with Gasteiger partial charge in [0, 0.05) is 23.5 Å². The van der Waals surface area contributed by atoms with E-state index >= 15 is 0 Å². The molecule has 0 saturated carbocycles. The number of hydrogen-bond acceptors (Lipinski definition) is 2. The molecule has 0 saturated heterocycles. The first-order chi connectivity index (χ1) is 6.79. The number of hydrogen-bond donors (Lipinski definition) is 2. The van der Waals surface area contributed by atoms with Gasteiger partial charge < -0.3 is 15.5 Å². The van der Waals surface area contributed by atoms with Gasteiger partial charge in [-0.25, -0.2) is 0 Å². The number of ether oxygens (including phenoxy) is 1. The predicted molar refractivity (Wildman–Crippen MR) is 58.0 cm³/mol. The zero-order valence-electron chi connectivity index (χ0n) is 8.21. The van der Waals surface area contributed by atoms with Crippen LogP contribution >= 0.6 is 0 Å². The number of aromatic nitrogens is 1. The van der Waals surface area contributed by atoms with Crippen LogP contribution in [0.5, 0.6) is 0 Å². The standard InChI is InChI=1S/C11H14N2O/c1-2-14-7-10-5-8-3-4-9(12)6-11(8)13-10/h3-6,13H,2,7,12H2,1H3. The first-order valence-electron chi connectivity index (χ1n) is 4.74. The molecule has 1 aromatic carbocycles. The van der Waals surface area contributed by atoms with Crippen molar-refractivity contribution in [3.05, 3.63) is 30.0 Å². The molecule has 74 valence electrons. The van der Waals surface area contributed by atoms with Crippen LogP contribution in [0.25, 0.3) is 10.9 Å². The van der Waals surface area contributed by atoms with Crippen LogP contribution in [0.4, 0.5) is 5.69 Å². The Bertz CT molecular complexity index is 434. The van der Waals surface area contributed by atoms with Gasteiger partial charge in [-0.1, -0.05) is 6.07 Å². The van der Waals surface area contributed by atoms with Crippen molar-refractivity contribution in [1.82, 2.24) is 4.98 Å². The highest BCUT2D eigenvalue weighted by Crippen LogP contribution is 2.18. The van der Waals surface area contributed by atoms with Crippen LogP contribution in [0.3, 0.4) is 0 Å². The van der Waals surface area contributed by atoms with Gasteiger partial charge in [0.15, 0.2) is 0 Å². The fraction of sp³-hybridized carbons (Fsp3) is 0.273. The Morgan fingerprint density at radius 2 is 2.21 bits per heavy atom. The van der Waals surface area contributed by atoms with Crippen molar-refractivity contribution in [1.29, 1.82) is 0 Å². The minimum absolute atomic E-state index is 0.630. The third kappa shape index (κ3) is 1.72. The van der Waals surface area contributed by atoms with E-state index in [1.807, 2.05) is 25.1 Å². The molecule has 0 aliphatic heterocycles. The van der Waals surface area contributed by atoms with Crippen LogP contribution in [0.1, 0.15) is 12.6 Å². The molecule has 0 amide bonds. The van der Waals surface area contributed by atoms with Crippen LogP contribution in [-0.4, -0.2) is 11.6 Å². The molecule has 3 nitrogen and oxygen atoms in total. The Labute approximate surface area is 82.9 Å². The van der Waals surface area contributed by atoms with Crippen LogP contribution in [0.2, 0.25) is 0 Å². The van der Waals surface area contributed by atoms with Gasteiger partial charge in [-0.15, -0.1) is 0 Å². The number of nitrogens with two attached hydrogens (primary N) is 1. The second-order valence-corrected chi connectivity index (χ2v) is 3.28. The summed E-state index contributed by atoms with van der Waals surface area (Å²) in [4.78, 5) is 3.27. The maximum atomic E-state index is 5.68. The molecular formula is C11H14N2O. The first kappa shape index (κ1) is 9.09. The van der Waals surface area contributed by atoms with E-state index in [0.29, 0.717) is 6.61 Å². The second kappa shape index (κ2) is 3.72. The van der Waals surface area contributed by atoms with E-state index in [-0.39, 0.29) is 0 Å². The van der Waals surface area contributed by atoms with Crippen molar-refractivity contribution in [3.8, 4) is 0 Å². The fourth-order valence-electron chi connectivity index (χ4n) is 1.49. The van der Waals surface area contributed by atoms with E-state index in [4.69, 9.17) is 10.5 Å². The SMILES string of the molecule is CCOCc1cc2ccc(N)cc2[nH]1. The molecule has 0 bridgehead atoms. The van der Waals surface area contributed by atoms with Gasteiger partial charge in [0.05, 0.1) is 6.61 Å². The molecular weight excluding hydrogens is 176 g/mol. The van der Waals surface area contributed by atoms with E-state index in [0.717, 1.165) is 23.5 Å². The van der Waals surface area contributed by atoms with Gasteiger partial charge in [-0.05, 0) is 30.5 Å². The first-order valence-corrected chi connectivity index (χ1v) is 4.74. The van der Waals surface area contributed by atoms with Crippen molar-refractivity contribution in [2.24, 2.45) is 0 Å². The molecule has 0 spiro atoms. The molecule has 0 aliphatic rings. The highest BCUT2D eigenvalue weighted by Gasteiger charge is 2.00. The normalized spacial score (nSPS) is 10.9. The van der Waals surface area contributed by atoms with Gasteiger partial charge >= 0.3 is 0 Å². The van der Waals surface area contributed by atoms with E-state index in [1.54, 1.807) is 0 Å². The zero-order chi connectivity index (χ0) is 9.97. The number of rotatable bonds is 3. The van der Waals surface area contributed by atoms with Gasteiger partial charge in [0.25, 0.3) is 0 Å². The smallest absolute Gasteiger partial charge is 0.0865 e. The monoisotopic (exact) mass is 190 g/mol. The highest BCUT2D eigenvalue weighted by atomic mass is 16.5. The summed E-state index contributed by atoms with van der Waals surface area (Å²) in [5.41, 5.74) is 8.62. The Morgan fingerprint density at radius 3 is 3.00 bits per heavy atom. The Hall–Kier alpha value is -1.48. The quantitative estimate of drug-likeness (QED) is 0.729. The average molecular weight is 190 g/mol. The summed E-state index contributed by atoms with van der Waals surface area (Å²) in [5.74, 6) is 0. The zero-order valence-corrected chi connectivity index (χ0v) is 8.21. The van der Waals surface area contributed by atoms with Crippen molar-refractivity contribution < 1.29 is 4.74 Å². The molecule has 1 heterocycles. The fourth-order valence-corrected chi connectivity index (χ4v) is 1.49. The lowest BCUT2D eigenvalue weighted by Gasteiger charge is -1.96. The minimum Gasteiger partial charge on any atom is -0.399 e. The lowest BCUT2D eigenvalue weighted by Crippen LogP contribution is -1.90. The maximum Gasteiger partial charge on any atom is 0.0865 e. The number of fused-ring (bicyclic) bond motifs is 1. The van der Waals surface area contributed by atoms with E-state index < -0.39 is 0 Å². The molecule has 0 radical (unpaired) electrons. The minimum atomic E-state index is 0.630. The number of nitrogens with one attached hydrogen (secondary N) is 1. The number of anilines is 1. The summed E-state index contributed by atoms with van der Waals surface area (Å²) in [5, 5.41) is 1.17. The topological polar surface area (TPSA) is 51.0 Å². The largest absolute Gasteiger partial charge is 0.399 e. The van der Waals surface area contributed by atoms with Gasteiger partial charge in [0.2, 0.25) is 0 Å². The van der Waals surface area contributed by atoms with Crippen molar-refractivity contribution in [2.75, 3.05) is 12.3 Å². The molecule has 3 N–H and O–H groups in total. The molecule has 0 aliphatic carbocycles. The third-order valence-corrected chi connectivity index (χ3v) is 2.16. The lowest BCUT2D eigenvalue weighted by atomic mass is 10.2. The molecule has 0 atom stereocenters. The molecule has 2 aromatic rings. The molecule has 0 fully saturated rings. The molecule has 0 unspecified atom stereocenters. The Kier molecular flexibility index (Phi) is 2.41. The van der Waals surface area contributed by atoms with E-state index in [1.165, 1.54) is 5.39 Å². The summed E-state index contributed by atoms with van der Waals surface area (Å²) >= 11 is 0. The second-order valence-electron chi connectivity index (χ2n) is 3.28. The van der Waals surface area contributed by atoms with Crippen molar-refractivity contribution in [3.63, 3.8) is 0 Å². The summed E-state index contributed by atoms with van der Waals surface area (Å²) in [6.45, 7) is 3.35. The number of H-pyrrole nitrogens is 1. The summed E-state index contributed by atoms with van der Waals surface area (Å²) in [7, 11) is 0. The molecule has 1 aromatic heterocycles. The Balaban J connectivity index is 2.32. The summed E-state index contributed by atoms with van der Waals surface area (Å²) < 4.78 is 5.32. The average Bonchev–Trinajstić information content (AvgIpc) is 2.56. The number of nitrogen functional groups attached to an aromatic ring is 1. The molecule has 14 heavy (non-hydrogen) atoms. The van der Waals surface area contributed by atoms with Crippen LogP contribution in [-0.2, 0) is 11.3 Å². The van der Waals surface area contributed by atoms with Crippen LogP contribution < -0.4 is 5.73 Å².